The number of nitrogens with zero attached hydrogens (tertiary/aromatic N) is 1. The Balaban J connectivity index is 1.71. The Labute approximate surface area is 152 Å². The van der Waals surface area contributed by atoms with Crippen LogP contribution in [0.25, 0.3) is 0 Å². The molecular weight excluding hydrogens is 312 g/mol. The summed E-state index contributed by atoms with van der Waals surface area (Å²) < 4.78 is 5.46. The Hall–Kier alpha value is -1.55. The van der Waals surface area contributed by atoms with Crippen molar-refractivity contribution >= 4 is 6.09 Å². The van der Waals surface area contributed by atoms with Crippen molar-refractivity contribution in [1.29, 1.82) is 0 Å². The lowest BCUT2D eigenvalue weighted by Crippen LogP contribution is -2.47. The zero-order valence-corrected chi connectivity index (χ0v) is 16.3. The highest BCUT2D eigenvalue weighted by molar-refractivity contribution is 5.68. The van der Waals surface area contributed by atoms with Gasteiger partial charge in [0, 0.05) is 19.1 Å². The summed E-state index contributed by atoms with van der Waals surface area (Å²) in [5, 5.41) is 3.72. The van der Waals surface area contributed by atoms with Gasteiger partial charge in [0.1, 0.15) is 5.60 Å². The van der Waals surface area contributed by atoms with Crippen molar-refractivity contribution in [1.82, 2.24) is 10.2 Å². The van der Waals surface area contributed by atoms with Gasteiger partial charge in [0.2, 0.25) is 0 Å². The lowest BCUT2D eigenvalue weighted by atomic mass is 9.96. The number of ether oxygens (including phenoxy) is 1. The van der Waals surface area contributed by atoms with Crippen LogP contribution >= 0.6 is 0 Å². The number of piperidine rings is 1. The van der Waals surface area contributed by atoms with E-state index in [-0.39, 0.29) is 6.09 Å². The van der Waals surface area contributed by atoms with Crippen LogP contribution in [0.3, 0.4) is 0 Å². The molecule has 1 amide bonds. The quantitative estimate of drug-likeness (QED) is 0.837. The number of carbonyl (C=O) groups is 1. The third-order valence-electron chi connectivity index (χ3n) is 4.79. The lowest BCUT2D eigenvalue weighted by Gasteiger charge is -2.34. The molecule has 4 heteroatoms. The number of amides is 1. The molecule has 1 N–H and O–H groups in total. The highest BCUT2D eigenvalue weighted by atomic mass is 16.6. The van der Waals surface area contributed by atoms with Gasteiger partial charge >= 0.3 is 6.09 Å². The minimum absolute atomic E-state index is 0.179. The molecule has 1 heterocycles. The zero-order chi connectivity index (χ0) is 18.3. The number of rotatable bonds is 6. The molecule has 140 valence electrons. The SMILES string of the molecule is CC[C@@H](CNC1CCN(C(=O)OC(C)(C)C)CC1)Cc1ccccc1. The average molecular weight is 347 g/mol. The molecule has 4 nitrogen and oxygen atoms in total. The van der Waals surface area contributed by atoms with Gasteiger partial charge in [-0.25, -0.2) is 4.79 Å². The topological polar surface area (TPSA) is 41.6 Å². The van der Waals surface area contributed by atoms with E-state index < -0.39 is 5.60 Å². The van der Waals surface area contributed by atoms with Gasteiger partial charge in [-0.1, -0.05) is 43.7 Å². The summed E-state index contributed by atoms with van der Waals surface area (Å²) in [5.74, 6) is 0.659. The second-order valence-corrected chi connectivity index (χ2v) is 8.11. The molecule has 2 rings (SSSR count). The van der Waals surface area contributed by atoms with E-state index >= 15 is 0 Å². The minimum Gasteiger partial charge on any atom is -0.444 e. The van der Waals surface area contributed by atoms with Crippen LogP contribution < -0.4 is 5.32 Å². The van der Waals surface area contributed by atoms with E-state index in [1.807, 2.05) is 25.7 Å². The van der Waals surface area contributed by atoms with Crippen LogP contribution in [0.15, 0.2) is 30.3 Å². The first-order valence-corrected chi connectivity index (χ1v) is 9.62. The van der Waals surface area contributed by atoms with Crippen molar-refractivity contribution in [2.24, 2.45) is 5.92 Å². The van der Waals surface area contributed by atoms with Gasteiger partial charge in [-0.15, -0.1) is 0 Å². The maximum Gasteiger partial charge on any atom is 0.410 e. The maximum atomic E-state index is 12.1. The van der Waals surface area contributed by atoms with Crippen LogP contribution in [-0.2, 0) is 11.2 Å². The maximum absolute atomic E-state index is 12.1. The molecule has 1 aliphatic rings. The van der Waals surface area contributed by atoms with E-state index in [2.05, 4.69) is 42.6 Å². The van der Waals surface area contributed by atoms with Crippen LogP contribution in [0.1, 0.15) is 52.5 Å². The second-order valence-electron chi connectivity index (χ2n) is 8.11. The first kappa shape index (κ1) is 19.8. The van der Waals surface area contributed by atoms with Crippen molar-refractivity contribution in [2.45, 2.75) is 65.0 Å². The van der Waals surface area contributed by atoms with E-state index in [0.717, 1.165) is 38.9 Å². The molecule has 0 bridgehead atoms. The average Bonchev–Trinajstić information content (AvgIpc) is 2.58. The molecule has 1 aliphatic heterocycles. The van der Waals surface area contributed by atoms with Crippen LogP contribution in [0.4, 0.5) is 4.79 Å². The number of likely N-dealkylation sites (tertiary alicyclic amines) is 1. The van der Waals surface area contributed by atoms with Gasteiger partial charge in [-0.3, -0.25) is 0 Å². The summed E-state index contributed by atoms with van der Waals surface area (Å²) in [6.45, 7) is 10.6. The third-order valence-corrected chi connectivity index (χ3v) is 4.79. The summed E-state index contributed by atoms with van der Waals surface area (Å²) in [6.07, 6.45) is 4.13. The van der Waals surface area contributed by atoms with Gasteiger partial charge in [-0.2, -0.15) is 0 Å². The van der Waals surface area contributed by atoms with Gasteiger partial charge in [-0.05, 0) is 58.1 Å². The smallest absolute Gasteiger partial charge is 0.410 e. The molecule has 1 saturated heterocycles. The van der Waals surface area contributed by atoms with Crippen molar-refractivity contribution in [3.8, 4) is 0 Å². The fraction of sp³-hybridized carbons (Fsp3) is 0.667. The van der Waals surface area contributed by atoms with Crippen LogP contribution in [0.2, 0.25) is 0 Å². The van der Waals surface area contributed by atoms with Crippen molar-refractivity contribution in [3.63, 3.8) is 0 Å². The lowest BCUT2D eigenvalue weighted by molar-refractivity contribution is 0.0197. The predicted octanol–water partition coefficient (Wildman–Crippen LogP) is 4.24. The fourth-order valence-electron chi connectivity index (χ4n) is 3.23. The zero-order valence-electron chi connectivity index (χ0n) is 16.3. The molecule has 0 radical (unpaired) electrons. The summed E-state index contributed by atoms with van der Waals surface area (Å²) in [4.78, 5) is 14.0. The summed E-state index contributed by atoms with van der Waals surface area (Å²) in [6, 6.07) is 11.2. The van der Waals surface area contributed by atoms with Crippen LogP contribution in [-0.4, -0.2) is 42.3 Å². The Morgan fingerprint density at radius 3 is 2.44 bits per heavy atom. The van der Waals surface area contributed by atoms with Crippen LogP contribution in [0.5, 0.6) is 0 Å². The van der Waals surface area contributed by atoms with Gasteiger partial charge < -0.3 is 15.0 Å². The van der Waals surface area contributed by atoms with E-state index in [1.54, 1.807) is 0 Å². The molecule has 25 heavy (non-hydrogen) atoms. The molecule has 0 spiro atoms. The first-order chi connectivity index (χ1) is 11.9. The highest BCUT2D eigenvalue weighted by Gasteiger charge is 2.26. The Morgan fingerprint density at radius 1 is 1.24 bits per heavy atom. The van der Waals surface area contributed by atoms with Gasteiger partial charge in [0.15, 0.2) is 0 Å². The van der Waals surface area contributed by atoms with E-state index in [4.69, 9.17) is 4.74 Å². The molecule has 1 aromatic carbocycles. The molecule has 0 aromatic heterocycles. The number of hydrogen-bond acceptors (Lipinski definition) is 3. The summed E-state index contributed by atoms with van der Waals surface area (Å²) in [5.41, 5.74) is 0.994. The number of carbonyl (C=O) groups excluding carboxylic acids is 1. The van der Waals surface area contributed by atoms with Gasteiger partial charge in [0.25, 0.3) is 0 Å². The second kappa shape index (κ2) is 9.23. The fourth-order valence-corrected chi connectivity index (χ4v) is 3.23. The molecule has 0 saturated carbocycles. The monoisotopic (exact) mass is 346 g/mol. The van der Waals surface area contributed by atoms with E-state index in [9.17, 15) is 4.79 Å². The Kier molecular flexibility index (Phi) is 7.30. The molecule has 0 aliphatic carbocycles. The largest absolute Gasteiger partial charge is 0.444 e. The first-order valence-electron chi connectivity index (χ1n) is 9.62. The summed E-state index contributed by atoms with van der Waals surface area (Å²) in [7, 11) is 0. The predicted molar refractivity (Wildman–Crippen MR) is 103 cm³/mol. The Bertz CT molecular complexity index is 516. The van der Waals surface area contributed by atoms with Crippen LogP contribution in [0, 0.1) is 5.92 Å². The molecule has 1 fully saturated rings. The van der Waals surface area contributed by atoms with E-state index in [0.29, 0.717) is 12.0 Å². The number of nitrogens with one attached hydrogen (secondary N) is 1. The normalized spacial score (nSPS) is 17.4. The molecule has 1 atom stereocenters. The molecule has 1 aromatic rings. The van der Waals surface area contributed by atoms with Crippen molar-refractivity contribution in [3.05, 3.63) is 35.9 Å². The van der Waals surface area contributed by atoms with Crippen molar-refractivity contribution in [2.75, 3.05) is 19.6 Å². The van der Waals surface area contributed by atoms with E-state index in [1.165, 1.54) is 12.0 Å². The minimum atomic E-state index is -0.419. The summed E-state index contributed by atoms with van der Waals surface area (Å²) >= 11 is 0. The van der Waals surface area contributed by atoms with Crippen molar-refractivity contribution < 1.29 is 9.53 Å². The molecular formula is C21H34N2O2. The Morgan fingerprint density at radius 2 is 1.88 bits per heavy atom. The highest BCUT2D eigenvalue weighted by Crippen LogP contribution is 2.17. The molecule has 0 unspecified atom stereocenters. The standard InChI is InChI=1S/C21H34N2O2/c1-5-17(15-18-9-7-6-8-10-18)16-22-19-11-13-23(14-12-19)20(24)25-21(2,3)4/h6-10,17,19,22H,5,11-16H2,1-4H3/t17-/m1/s1. The number of hydrogen-bond donors (Lipinski definition) is 1. The third kappa shape index (κ3) is 7.07. The number of benzene rings is 1. The van der Waals surface area contributed by atoms with Gasteiger partial charge in [0.05, 0.1) is 0 Å².